The van der Waals surface area contributed by atoms with Gasteiger partial charge < -0.3 is 24.8 Å². The fourth-order valence-corrected chi connectivity index (χ4v) is 4.11. The van der Waals surface area contributed by atoms with Crippen LogP contribution in [0.2, 0.25) is 0 Å². The van der Waals surface area contributed by atoms with Crippen molar-refractivity contribution in [3.8, 4) is 5.88 Å². The number of fused-ring (bicyclic) bond motifs is 1. The van der Waals surface area contributed by atoms with E-state index in [1.807, 2.05) is 24.4 Å². The van der Waals surface area contributed by atoms with E-state index < -0.39 is 0 Å². The molecule has 2 aliphatic rings. The molecule has 0 radical (unpaired) electrons. The molecular formula is C23H31N6O3+. The quantitative estimate of drug-likeness (QED) is 0.430. The number of nitrogens with zero attached hydrogens (tertiary/aromatic N) is 4. The van der Waals surface area contributed by atoms with E-state index in [0.29, 0.717) is 35.3 Å². The molecule has 0 atom stereocenters. The Balaban J connectivity index is 1.61. The van der Waals surface area contributed by atoms with Crippen LogP contribution >= 0.6 is 0 Å². The molecule has 1 fully saturated rings. The van der Waals surface area contributed by atoms with Crippen molar-refractivity contribution in [3.05, 3.63) is 48.0 Å². The molecule has 0 amide bonds. The van der Waals surface area contributed by atoms with Gasteiger partial charge in [-0.25, -0.2) is 9.51 Å². The molecule has 4 N–H and O–H groups in total. The van der Waals surface area contributed by atoms with E-state index in [2.05, 4.69) is 12.1 Å². The Morgan fingerprint density at radius 1 is 1.19 bits per heavy atom. The lowest BCUT2D eigenvalue weighted by Crippen LogP contribution is -2.50. The largest absolute Gasteiger partial charge is 0.489 e. The van der Waals surface area contributed by atoms with Gasteiger partial charge in [0.05, 0.1) is 49.4 Å². The third-order valence-electron chi connectivity index (χ3n) is 5.96. The van der Waals surface area contributed by atoms with Crippen molar-refractivity contribution < 1.29 is 19.1 Å². The summed E-state index contributed by atoms with van der Waals surface area (Å²) in [5, 5.41) is 21.9. The summed E-state index contributed by atoms with van der Waals surface area (Å²) in [6.45, 7) is 3.80. The molecule has 9 nitrogen and oxygen atoms in total. The first kappa shape index (κ1) is 22.0. The molecule has 1 aliphatic carbocycles. The number of likely N-dealkylation sites (tertiary alicyclic amines) is 1. The zero-order valence-corrected chi connectivity index (χ0v) is 18.5. The number of aromatic nitrogens is 2. The van der Waals surface area contributed by atoms with Gasteiger partial charge in [-0.1, -0.05) is 6.07 Å². The molecule has 0 unspecified atom stereocenters. The van der Waals surface area contributed by atoms with E-state index in [4.69, 9.17) is 30.7 Å². The Bertz CT molecular complexity index is 1080. The number of allylic oxidation sites excluding steroid dienone is 2. The topological polar surface area (TPSA) is 118 Å². The Kier molecular flexibility index (Phi) is 6.57. The van der Waals surface area contributed by atoms with Crippen molar-refractivity contribution in [2.75, 3.05) is 46.5 Å². The smallest absolute Gasteiger partial charge is 0.260 e. The van der Waals surface area contributed by atoms with Crippen LogP contribution in [0.5, 0.6) is 5.88 Å². The minimum Gasteiger partial charge on any atom is -0.489 e. The third kappa shape index (κ3) is 4.84. The van der Waals surface area contributed by atoms with Crippen LogP contribution in [0.4, 0.5) is 5.69 Å². The van der Waals surface area contributed by atoms with Crippen LogP contribution in [-0.4, -0.2) is 77.1 Å². The number of ether oxygens (including phenoxy) is 2. The monoisotopic (exact) mass is 439 g/mol. The highest BCUT2D eigenvalue weighted by molar-refractivity contribution is 6.50. The van der Waals surface area contributed by atoms with Crippen LogP contribution in [0, 0.1) is 5.41 Å². The molecular weight excluding hydrogens is 408 g/mol. The number of piperidine rings is 1. The summed E-state index contributed by atoms with van der Waals surface area (Å²) in [5.41, 5.74) is 8.22. The normalized spacial score (nSPS) is 19.7. The zero-order chi connectivity index (χ0) is 22.6. The molecule has 170 valence electrons. The van der Waals surface area contributed by atoms with E-state index in [1.165, 1.54) is 38.4 Å². The van der Waals surface area contributed by atoms with Crippen molar-refractivity contribution in [3.63, 3.8) is 0 Å². The molecule has 0 aromatic carbocycles. The molecule has 1 aliphatic heterocycles. The van der Waals surface area contributed by atoms with Crippen LogP contribution in [-0.2, 0) is 4.74 Å². The summed E-state index contributed by atoms with van der Waals surface area (Å²) in [6, 6.07) is 5.73. The van der Waals surface area contributed by atoms with Gasteiger partial charge in [-0.15, -0.1) is 5.10 Å². The van der Waals surface area contributed by atoms with Gasteiger partial charge in [0.2, 0.25) is 0 Å². The van der Waals surface area contributed by atoms with E-state index in [9.17, 15) is 0 Å². The fourth-order valence-electron chi connectivity index (χ4n) is 4.11. The van der Waals surface area contributed by atoms with E-state index >= 15 is 0 Å². The standard InChI is InChI=1S/C23H31N6O3/c1-29(9-5-2-6-10-29)11-13-32-23-22(20-7-3-4-8-28(20)27-23)26-19-16-21(31-14-12-30)18(25)15-17(19)24/h3-4,7-8,15-16,24,30H,2,5-6,9-14,25H2,1H3/q+1. The number of nitrogens with one attached hydrogen (secondary N) is 1. The number of nitrogens with two attached hydrogens (primary N) is 1. The van der Waals surface area contributed by atoms with Crippen molar-refractivity contribution in [1.82, 2.24) is 9.61 Å². The summed E-state index contributed by atoms with van der Waals surface area (Å²) >= 11 is 0. The number of aliphatic hydroxyl groups excluding tert-OH is 1. The van der Waals surface area contributed by atoms with Crippen molar-refractivity contribution >= 4 is 22.6 Å². The highest BCUT2D eigenvalue weighted by Gasteiger charge is 2.25. The van der Waals surface area contributed by atoms with Gasteiger partial charge in [0.25, 0.3) is 5.88 Å². The summed E-state index contributed by atoms with van der Waals surface area (Å²) in [4.78, 5) is 4.72. The SMILES string of the molecule is C[N+]1(CCOc2nn3ccccc3c2N=C2C=C(OCCO)C(N)=CC2=N)CCCCC1. The maximum Gasteiger partial charge on any atom is 0.260 e. The van der Waals surface area contributed by atoms with Crippen molar-refractivity contribution in [2.24, 2.45) is 10.7 Å². The highest BCUT2D eigenvalue weighted by Crippen LogP contribution is 2.33. The Morgan fingerprint density at radius 3 is 2.78 bits per heavy atom. The predicted octanol–water partition coefficient (Wildman–Crippen LogP) is 2.18. The molecule has 2 aromatic rings. The number of aliphatic imine (C=N–C) groups is 1. The Morgan fingerprint density at radius 2 is 2.00 bits per heavy atom. The Labute approximate surface area is 187 Å². The number of likely N-dealkylation sites (N-methyl/N-ethyl adjacent to an activating group) is 1. The van der Waals surface area contributed by atoms with Gasteiger partial charge >= 0.3 is 0 Å². The van der Waals surface area contributed by atoms with E-state index in [-0.39, 0.29) is 18.9 Å². The van der Waals surface area contributed by atoms with Crippen molar-refractivity contribution in [1.29, 1.82) is 5.41 Å². The second-order valence-electron chi connectivity index (χ2n) is 8.47. The molecule has 1 saturated heterocycles. The summed E-state index contributed by atoms with van der Waals surface area (Å²) in [6.07, 6.45) is 8.79. The number of pyridine rings is 1. The van der Waals surface area contributed by atoms with Gasteiger partial charge in [0.15, 0.2) is 5.69 Å². The van der Waals surface area contributed by atoms with E-state index in [0.717, 1.165) is 16.5 Å². The summed E-state index contributed by atoms with van der Waals surface area (Å²) in [5.74, 6) is 0.823. The molecule has 9 heteroatoms. The second-order valence-corrected chi connectivity index (χ2v) is 8.47. The number of hydrogen-bond acceptors (Lipinski definition) is 7. The average molecular weight is 440 g/mol. The lowest BCUT2D eigenvalue weighted by Gasteiger charge is -2.37. The van der Waals surface area contributed by atoms with Crippen LogP contribution in [0.3, 0.4) is 0 Å². The lowest BCUT2D eigenvalue weighted by atomic mass is 10.1. The average Bonchev–Trinajstić information content (AvgIpc) is 3.12. The van der Waals surface area contributed by atoms with Crippen LogP contribution in [0.15, 0.2) is 53.0 Å². The van der Waals surface area contributed by atoms with Crippen LogP contribution in [0.25, 0.3) is 5.52 Å². The molecule has 32 heavy (non-hydrogen) atoms. The predicted molar refractivity (Wildman–Crippen MR) is 124 cm³/mol. The first-order chi connectivity index (χ1) is 15.5. The highest BCUT2D eigenvalue weighted by atomic mass is 16.5. The number of quaternary nitrogens is 1. The Hall–Kier alpha value is -3.17. The fraction of sp³-hybridized carbons (Fsp3) is 0.435. The maximum absolute atomic E-state index is 9.04. The maximum atomic E-state index is 9.04. The molecule has 0 spiro atoms. The summed E-state index contributed by atoms with van der Waals surface area (Å²) in [7, 11) is 2.28. The first-order valence-electron chi connectivity index (χ1n) is 11.0. The zero-order valence-electron chi connectivity index (χ0n) is 18.5. The molecule has 3 heterocycles. The third-order valence-corrected chi connectivity index (χ3v) is 5.96. The lowest BCUT2D eigenvalue weighted by molar-refractivity contribution is -0.914. The second kappa shape index (κ2) is 9.54. The molecule has 2 aromatic heterocycles. The van der Waals surface area contributed by atoms with E-state index in [1.54, 1.807) is 10.6 Å². The summed E-state index contributed by atoms with van der Waals surface area (Å²) < 4.78 is 14.4. The van der Waals surface area contributed by atoms with Crippen LogP contribution in [0.1, 0.15) is 19.3 Å². The van der Waals surface area contributed by atoms with Gasteiger partial charge in [-0.05, 0) is 37.5 Å². The van der Waals surface area contributed by atoms with Gasteiger partial charge in [0, 0.05) is 12.3 Å². The molecule has 0 saturated carbocycles. The minimum absolute atomic E-state index is 0.114. The number of rotatable bonds is 8. The molecule has 4 rings (SSSR count). The number of aliphatic hydroxyl groups is 1. The van der Waals surface area contributed by atoms with Gasteiger partial charge in [0.1, 0.15) is 25.5 Å². The minimum atomic E-state index is -0.127. The van der Waals surface area contributed by atoms with Gasteiger partial charge in [-0.3, -0.25) is 5.41 Å². The van der Waals surface area contributed by atoms with Crippen molar-refractivity contribution in [2.45, 2.75) is 19.3 Å². The molecule has 0 bridgehead atoms. The van der Waals surface area contributed by atoms with Gasteiger partial charge in [-0.2, -0.15) is 0 Å². The first-order valence-corrected chi connectivity index (χ1v) is 11.0. The van der Waals surface area contributed by atoms with Crippen LogP contribution < -0.4 is 10.5 Å². The number of hydrogen-bond donors (Lipinski definition) is 3.